The highest BCUT2D eigenvalue weighted by Gasteiger charge is 2.14. The zero-order valence-electron chi connectivity index (χ0n) is 6.55. The van der Waals surface area contributed by atoms with Crippen molar-refractivity contribution < 1.29 is 13.9 Å². The molecule has 0 bridgehead atoms. The van der Waals surface area contributed by atoms with Crippen molar-refractivity contribution >= 4 is 0 Å². The van der Waals surface area contributed by atoms with Crippen molar-refractivity contribution in [1.29, 1.82) is 0 Å². The van der Waals surface area contributed by atoms with Gasteiger partial charge in [-0.1, -0.05) is 0 Å². The monoisotopic (exact) mass is 190 g/mol. The lowest BCUT2D eigenvalue weighted by atomic mass is 10.2. The van der Waals surface area contributed by atoms with E-state index in [1.807, 2.05) is 4.98 Å². The summed E-state index contributed by atoms with van der Waals surface area (Å²) in [5, 5.41) is 8.89. The molecule has 0 spiro atoms. The number of H-pyrrole nitrogens is 1. The standard InChI is InChI=1S/C7H8F2N2O2/c8-6(9)5-3(2-10)1-4(12)7(13)11-5/h1,6,12H,2,10H2,(H,11,13). The Balaban J connectivity index is 3.33. The van der Waals surface area contributed by atoms with E-state index in [9.17, 15) is 13.6 Å². The van der Waals surface area contributed by atoms with Crippen molar-refractivity contribution in [3.8, 4) is 5.75 Å². The molecule has 0 saturated heterocycles. The molecule has 1 heterocycles. The van der Waals surface area contributed by atoms with Crippen LogP contribution in [0.3, 0.4) is 0 Å². The van der Waals surface area contributed by atoms with Crippen molar-refractivity contribution in [3.63, 3.8) is 0 Å². The van der Waals surface area contributed by atoms with Crippen molar-refractivity contribution in [1.82, 2.24) is 4.98 Å². The summed E-state index contributed by atoms with van der Waals surface area (Å²) in [6.07, 6.45) is -2.80. The Morgan fingerprint density at radius 3 is 2.69 bits per heavy atom. The zero-order valence-corrected chi connectivity index (χ0v) is 6.55. The smallest absolute Gasteiger partial charge is 0.290 e. The molecule has 0 aliphatic heterocycles. The molecule has 0 radical (unpaired) electrons. The summed E-state index contributed by atoms with van der Waals surface area (Å²) in [4.78, 5) is 12.6. The van der Waals surface area contributed by atoms with E-state index in [0.717, 1.165) is 6.07 Å². The Morgan fingerprint density at radius 2 is 2.23 bits per heavy atom. The van der Waals surface area contributed by atoms with Crippen LogP contribution in [-0.4, -0.2) is 10.1 Å². The van der Waals surface area contributed by atoms with E-state index in [-0.39, 0.29) is 12.1 Å². The second-order valence-corrected chi connectivity index (χ2v) is 2.43. The van der Waals surface area contributed by atoms with Crippen molar-refractivity contribution in [2.75, 3.05) is 0 Å². The molecule has 0 fully saturated rings. The minimum atomic E-state index is -2.80. The summed E-state index contributed by atoms with van der Waals surface area (Å²) in [6, 6.07) is 0.945. The molecule has 0 unspecified atom stereocenters. The summed E-state index contributed by atoms with van der Waals surface area (Å²) in [5.41, 5.74) is 3.70. The maximum absolute atomic E-state index is 12.2. The fraction of sp³-hybridized carbons (Fsp3) is 0.286. The average molecular weight is 190 g/mol. The lowest BCUT2D eigenvalue weighted by Gasteiger charge is -2.05. The number of hydrogen-bond donors (Lipinski definition) is 3. The molecule has 0 amide bonds. The van der Waals surface area contributed by atoms with Crippen LogP contribution in [0.2, 0.25) is 0 Å². The number of nitrogens with two attached hydrogens (primary N) is 1. The quantitative estimate of drug-likeness (QED) is 0.634. The highest BCUT2D eigenvalue weighted by molar-refractivity contribution is 5.29. The molecule has 0 saturated carbocycles. The fourth-order valence-corrected chi connectivity index (χ4v) is 0.939. The Hall–Kier alpha value is -1.43. The van der Waals surface area contributed by atoms with Gasteiger partial charge in [0.2, 0.25) is 0 Å². The first kappa shape index (κ1) is 9.66. The molecule has 6 heteroatoms. The van der Waals surface area contributed by atoms with Crippen LogP contribution >= 0.6 is 0 Å². The lowest BCUT2D eigenvalue weighted by Crippen LogP contribution is -2.13. The Bertz CT molecular complexity index is 362. The average Bonchev–Trinajstić information content (AvgIpc) is 2.08. The fourth-order valence-electron chi connectivity index (χ4n) is 0.939. The highest BCUT2D eigenvalue weighted by atomic mass is 19.3. The van der Waals surface area contributed by atoms with Crippen LogP contribution in [0.5, 0.6) is 5.75 Å². The van der Waals surface area contributed by atoms with Gasteiger partial charge in [-0.15, -0.1) is 0 Å². The van der Waals surface area contributed by atoms with Crippen LogP contribution in [0, 0.1) is 0 Å². The van der Waals surface area contributed by atoms with Crippen LogP contribution in [0.4, 0.5) is 8.78 Å². The zero-order chi connectivity index (χ0) is 10.0. The number of hydrogen-bond acceptors (Lipinski definition) is 3. The summed E-state index contributed by atoms with van der Waals surface area (Å²) in [7, 11) is 0. The van der Waals surface area contributed by atoms with Gasteiger partial charge >= 0.3 is 0 Å². The van der Waals surface area contributed by atoms with Gasteiger partial charge in [0.1, 0.15) is 0 Å². The number of aromatic amines is 1. The van der Waals surface area contributed by atoms with Gasteiger partial charge in [0.25, 0.3) is 12.0 Å². The second-order valence-electron chi connectivity index (χ2n) is 2.43. The molecule has 0 atom stereocenters. The Morgan fingerprint density at radius 1 is 1.62 bits per heavy atom. The molecule has 1 rings (SSSR count). The number of halogens is 2. The van der Waals surface area contributed by atoms with Crippen LogP contribution in [-0.2, 0) is 6.54 Å². The van der Waals surface area contributed by atoms with Gasteiger partial charge in [-0.3, -0.25) is 4.79 Å². The number of nitrogens with one attached hydrogen (secondary N) is 1. The minimum Gasteiger partial charge on any atom is -0.503 e. The van der Waals surface area contributed by atoms with E-state index >= 15 is 0 Å². The summed E-state index contributed by atoms with van der Waals surface area (Å²) in [6.45, 7) is -0.163. The van der Waals surface area contributed by atoms with Crippen LogP contribution < -0.4 is 11.3 Å². The molecule has 1 aromatic heterocycles. The van der Waals surface area contributed by atoms with Crippen LogP contribution in [0.25, 0.3) is 0 Å². The SMILES string of the molecule is NCc1cc(O)c(=O)[nH]c1C(F)F. The Labute approximate surface area is 72.0 Å². The lowest BCUT2D eigenvalue weighted by molar-refractivity contribution is 0.144. The first-order chi connectivity index (χ1) is 6.06. The van der Waals surface area contributed by atoms with Crippen LogP contribution in [0.1, 0.15) is 17.7 Å². The Kier molecular flexibility index (Phi) is 2.62. The van der Waals surface area contributed by atoms with Crippen molar-refractivity contribution in [2.24, 2.45) is 5.73 Å². The summed E-state index contributed by atoms with van der Waals surface area (Å²) < 4.78 is 24.4. The third kappa shape index (κ3) is 1.83. The number of aromatic hydroxyl groups is 1. The predicted molar refractivity (Wildman–Crippen MR) is 41.6 cm³/mol. The van der Waals surface area contributed by atoms with E-state index < -0.39 is 23.4 Å². The molecule has 4 N–H and O–H groups in total. The van der Waals surface area contributed by atoms with Gasteiger partial charge in [0.05, 0.1) is 5.69 Å². The van der Waals surface area contributed by atoms with Gasteiger partial charge in [0, 0.05) is 6.54 Å². The first-order valence-corrected chi connectivity index (χ1v) is 3.49. The van der Waals surface area contributed by atoms with Gasteiger partial charge in [-0.2, -0.15) is 0 Å². The molecule has 4 nitrogen and oxygen atoms in total. The topological polar surface area (TPSA) is 79.1 Å². The molecule has 13 heavy (non-hydrogen) atoms. The minimum absolute atomic E-state index is 0.0344. The largest absolute Gasteiger partial charge is 0.503 e. The van der Waals surface area contributed by atoms with Gasteiger partial charge < -0.3 is 15.8 Å². The molecule has 0 aliphatic rings. The van der Waals surface area contributed by atoms with E-state index in [4.69, 9.17) is 10.8 Å². The molecule has 0 aromatic carbocycles. The first-order valence-electron chi connectivity index (χ1n) is 3.49. The maximum atomic E-state index is 12.2. The summed E-state index contributed by atoms with van der Waals surface area (Å²) >= 11 is 0. The highest BCUT2D eigenvalue weighted by Crippen LogP contribution is 2.20. The molecule has 1 aromatic rings. The van der Waals surface area contributed by atoms with E-state index in [2.05, 4.69) is 0 Å². The van der Waals surface area contributed by atoms with Gasteiger partial charge in [0.15, 0.2) is 5.75 Å². The van der Waals surface area contributed by atoms with Crippen molar-refractivity contribution in [3.05, 3.63) is 27.7 Å². The van der Waals surface area contributed by atoms with Gasteiger partial charge in [-0.25, -0.2) is 8.78 Å². The molecular weight excluding hydrogens is 182 g/mol. The third-order valence-corrected chi connectivity index (χ3v) is 1.58. The van der Waals surface area contributed by atoms with E-state index in [1.54, 1.807) is 0 Å². The second kappa shape index (κ2) is 3.53. The normalized spacial score (nSPS) is 10.8. The molecule has 72 valence electrons. The predicted octanol–water partition coefficient (Wildman–Crippen LogP) is 0.477. The number of pyridine rings is 1. The third-order valence-electron chi connectivity index (χ3n) is 1.58. The summed E-state index contributed by atoms with van der Waals surface area (Å²) in [5.74, 6) is -0.607. The van der Waals surface area contributed by atoms with Gasteiger partial charge in [-0.05, 0) is 11.6 Å². The van der Waals surface area contributed by atoms with Crippen LogP contribution in [0.15, 0.2) is 10.9 Å². The molecular formula is C7H8F2N2O2. The van der Waals surface area contributed by atoms with E-state index in [1.165, 1.54) is 0 Å². The molecule has 0 aliphatic carbocycles. The number of alkyl halides is 2. The van der Waals surface area contributed by atoms with Crippen molar-refractivity contribution in [2.45, 2.75) is 13.0 Å². The number of aromatic nitrogens is 1. The number of rotatable bonds is 2. The maximum Gasteiger partial charge on any atom is 0.290 e. The van der Waals surface area contributed by atoms with E-state index in [0.29, 0.717) is 0 Å².